The number of nitrogens with one attached hydrogen (secondary N) is 1. The third kappa shape index (κ3) is 6.62. The molecule has 1 aromatic heterocycles. The third-order valence-electron chi connectivity index (χ3n) is 4.17. The van der Waals surface area contributed by atoms with Gasteiger partial charge < -0.3 is 10.1 Å². The Kier molecular flexibility index (Phi) is 7.44. The van der Waals surface area contributed by atoms with Gasteiger partial charge in [0.05, 0.1) is 11.4 Å². The first-order chi connectivity index (χ1) is 15.6. The van der Waals surface area contributed by atoms with Crippen molar-refractivity contribution in [3.63, 3.8) is 0 Å². The van der Waals surface area contributed by atoms with Crippen LogP contribution in [0.4, 0.5) is 28.4 Å². The van der Waals surface area contributed by atoms with Gasteiger partial charge in [-0.2, -0.15) is 0 Å². The predicted octanol–water partition coefficient (Wildman–Crippen LogP) is 5.20. The highest BCUT2D eigenvalue weighted by atomic mass is 32.1. The van der Waals surface area contributed by atoms with Crippen LogP contribution in [0.15, 0.2) is 60.0 Å². The second-order valence-corrected chi connectivity index (χ2v) is 7.40. The van der Waals surface area contributed by atoms with Crippen LogP contribution >= 0.6 is 11.3 Å². The van der Waals surface area contributed by atoms with E-state index in [9.17, 15) is 27.2 Å². The molecule has 3 rings (SSSR count). The number of hydrogen-bond donors (Lipinski definition) is 1. The fourth-order valence-electron chi connectivity index (χ4n) is 2.77. The Morgan fingerprint density at radius 1 is 1.15 bits per heavy atom. The number of carbonyl (C=O) groups is 2. The first-order valence-electron chi connectivity index (χ1n) is 9.44. The van der Waals surface area contributed by atoms with Crippen LogP contribution in [0.3, 0.4) is 0 Å². The van der Waals surface area contributed by atoms with Crippen LogP contribution in [0.1, 0.15) is 18.2 Å². The van der Waals surface area contributed by atoms with Crippen LogP contribution in [0, 0.1) is 5.82 Å². The van der Waals surface area contributed by atoms with E-state index in [0.29, 0.717) is 5.69 Å². The van der Waals surface area contributed by atoms with Crippen LogP contribution in [-0.2, 0) is 16.1 Å². The average molecular weight is 479 g/mol. The van der Waals surface area contributed by atoms with Gasteiger partial charge in [0.2, 0.25) is 11.8 Å². The SMILES string of the molecule is CC(=O)N(c1nc(/C=C/C(=O)NCc2ccccc2OC(F)(F)F)cs1)c1ccccc1F. The Morgan fingerprint density at radius 3 is 2.55 bits per heavy atom. The molecule has 2 amide bonds. The fourth-order valence-corrected chi connectivity index (χ4v) is 3.62. The molecule has 0 aliphatic rings. The molecule has 0 spiro atoms. The molecule has 0 radical (unpaired) electrons. The summed E-state index contributed by atoms with van der Waals surface area (Å²) in [6, 6.07) is 11.2. The van der Waals surface area contributed by atoms with E-state index in [1.54, 1.807) is 11.4 Å². The minimum Gasteiger partial charge on any atom is -0.405 e. The number of benzene rings is 2. The molecule has 0 unspecified atom stereocenters. The van der Waals surface area contributed by atoms with Gasteiger partial charge in [0.1, 0.15) is 11.6 Å². The van der Waals surface area contributed by atoms with E-state index in [-0.39, 0.29) is 22.9 Å². The van der Waals surface area contributed by atoms with E-state index in [0.717, 1.165) is 28.4 Å². The number of para-hydroxylation sites is 2. The van der Waals surface area contributed by atoms with Crippen molar-refractivity contribution in [3.8, 4) is 5.75 Å². The van der Waals surface area contributed by atoms with Gasteiger partial charge in [0.25, 0.3) is 0 Å². The number of rotatable bonds is 7. The summed E-state index contributed by atoms with van der Waals surface area (Å²) in [7, 11) is 0. The lowest BCUT2D eigenvalue weighted by atomic mass is 10.2. The average Bonchev–Trinajstić information content (AvgIpc) is 3.20. The molecule has 0 saturated carbocycles. The summed E-state index contributed by atoms with van der Waals surface area (Å²) in [5.74, 6) is -2.02. The number of nitrogens with zero attached hydrogens (tertiary/aromatic N) is 2. The zero-order valence-corrected chi connectivity index (χ0v) is 17.9. The summed E-state index contributed by atoms with van der Waals surface area (Å²) < 4.78 is 55.6. The van der Waals surface area contributed by atoms with Gasteiger partial charge in [-0.3, -0.25) is 14.5 Å². The molecule has 0 atom stereocenters. The first-order valence-corrected chi connectivity index (χ1v) is 10.3. The van der Waals surface area contributed by atoms with Crippen molar-refractivity contribution < 1.29 is 31.9 Å². The fraction of sp³-hybridized carbons (Fsp3) is 0.136. The minimum atomic E-state index is -4.85. The van der Waals surface area contributed by atoms with Crippen molar-refractivity contribution >= 4 is 40.0 Å². The molecule has 0 aliphatic carbocycles. The van der Waals surface area contributed by atoms with E-state index >= 15 is 0 Å². The standard InChI is InChI=1S/C22H17F4N3O3S/c1-14(30)29(18-8-4-3-7-17(18)23)21-28-16(13-33-21)10-11-20(31)27-12-15-6-2-5-9-19(15)32-22(24,25)26/h2-11,13H,12H2,1H3,(H,27,31)/b11-10+. The number of aromatic nitrogens is 1. The van der Waals surface area contributed by atoms with Gasteiger partial charge in [-0.15, -0.1) is 24.5 Å². The van der Waals surface area contributed by atoms with E-state index < -0.39 is 29.7 Å². The van der Waals surface area contributed by atoms with Crippen LogP contribution in [0.25, 0.3) is 6.08 Å². The summed E-state index contributed by atoms with van der Waals surface area (Å²) in [5, 5.41) is 4.25. The van der Waals surface area contributed by atoms with Crippen LogP contribution in [0.5, 0.6) is 5.75 Å². The molecule has 3 aromatic rings. The lowest BCUT2D eigenvalue weighted by molar-refractivity contribution is -0.274. The van der Waals surface area contributed by atoms with Gasteiger partial charge in [-0.05, 0) is 24.3 Å². The van der Waals surface area contributed by atoms with Crippen molar-refractivity contribution in [2.75, 3.05) is 4.90 Å². The Morgan fingerprint density at radius 2 is 1.85 bits per heavy atom. The molecular weight excluding hydrogens is 462 g/mol. The van der Waals surface area contributed by atoms with Gasteiger partial charge in [-0.25, -0.2) is 9.37 Å². The van der Waals surface area contributed by atoms with Crippen LogP contribution < -0.4 is 15.0 Å². The zero-order chi connectivity index (χ0) is 24.0. The molecule has 1 N–H and O–H groups in total. The highest BCUT2D eigenvalue weighted by Crippen LogP contribution is 2.31. The van der Waals surface area contributed by atoms with Gasteiger partial charge >= 0.3 is 6.36 Å². The van der Waals surface area contributed by atoms with Crippen LogP contribution in [-0.4, -0.2) is 23.2 Å². The summed E-state index contributed by atoms with van der Waals surface area (Å²) in [5.41, 5.74) is 0.537. The molecule has 2 aromatic carbocycles. The topological polar surface area (TPSA) is 71.5 Å². The number of ether oxygens (including phenoxy) is 1. The smallest absolute Gasteiger partial charge is 0.405 e. The van der Waals surface area contributed by atoms with Gasteiger partial charge in [0.15, 0.2) is 5.13 Å². The van der Waals surface area contributed by atoms with E-state index in [4.69, 9.17) is 0 Å². The van der Waals surface area contributed by atoms with Crippen molar-refractivity contribution in [1.82, 2.24) is 10.3 Å². The third-order valence-corrected chi connectivity index (χ3v) is 5.01. The Labute approximate surface area is 190 Å². The van der Waals surface area contributed by atoms with Crippen molar-refractivity contribution in [1.29, 1.82) is 0 Å². The summed E-state index contributed by atoms with van der Waals surface area (Å²) in [6.45, 7) is 1.08. The summed E-state index contributed by atoms with van der Waals surface area (Å²) in [4.78, 5) is 29.5. The number of hydrogen-bond acceptors (Lipinski definition) is 5. The molecular formula is C22H17F4N3O3S. The van der Waals surface area contributed by atoms with E-state index in [1.807, 2.05) is 0 Å². The number of anilines is 2. The number of amides is 2. The molecule has 1 heterocycles. The Hall–Kier alpha value is -3.73. The number of halogens is 4. The lowest BCUT2D eigenvalue weighted by Crippen LogP contribution is -2.23. The van der Waals surface area contributed by atoms with Crippen molar-refractivity contribution in [2.45, 2.75) is 19.8 Å². The predicted molar refractivity (Wildman–Crippen MR) is 115 cm³/mol. The number of thiazole rings is 1. The highest BCUT2D eigenvalue weighted by molar-refractivity contribution is 7.14. The van der Waals surface area contributed by atoms with Crippen molar-refractivity contribution in [3.05, 3.63) is 77.1 Å². The zero-order valence-electron chi connectivity index (χ0n) is 17.1. The number of carbonyl (C=O) groups excluding carboxylic acids is 2. The molecule has 0 aliphatic heterocycles. The first kappa shape index (κ1) is 23.9. The van der Waals surface area contributed by atoms with Gasteiger partial charge in [-0.1, -0.05) is 30.3 Å². The molecule has 33 heavy (non-hydrogen) atoms. The molecule has 0 saturated heterocycles. The minimum absolute atomic E-state index is 0.0485. The maximum Gasteiger partial charge on any atom is 0.573 e. The largest absolute Gasteiger partial charge is 0.573 e. The quantitative estimate of drug-likeness (QED) is 0.374. The Balaban J connectivity index is 1.66. The molecule has 172 valence electrons. The highest BCUT2D eigenvalue weighted by Gasteiger charge is 2.32. The number of alkyl halides is 3. The maximum atomic E-state index is 14.1. The lowest BCUT2D eigenvalue weighted by Gasteiger charge is -2.18. The Bertz CT molecular complexity index is 1180. The van der Waals surface area contributed by atoms with Gasteiger partial charge in [0, 0.05) is 30.5 Å². The second-order valence-electron chi connectivity index (χ2n) is 6.57. The second kappa shape index (κ2) is 10.3. The molecule has 11 heteroatoms. The van der Waals surface area contributed by atoms with E-state index in [1.165, 1.54) is 49.4 Å². The normalized spacial score (nSPS) is 11.4. The molecule has 0 fully saturated rings. The maximum absolute atomic E-state index is 14.1. The summed E-state index contributed by atoms with van der Waals surface area (Å²) in [6.07, 6.45) is -2.33. The molecule has 0 bridgehead atoms. The van der Waals surface area contributed by atoms with Crippen molar-refractivity contribution in [2.24, 2.45) is 0 Å². The van der Waals surface area contributed by atoms with Crippen LogP contribution in [0.2, 0.25) is 0 Å². The van der Waals surface area contributed by atoms with E-state index in [2.05, 4.69) is 15.0 Å². The monoisotopic (exact) mass is 479 g/mol. The summed E-state index contributed by atoms with van der Waals surface area (Å²) >= 11 is 1.08. The molecule has 6 nitrogen and oxygen atoms in total.